The number of carbonyl (C=O) groups excluding carboxylic acids is 1. The average Bonchev–Trinajstić information content (AvgIpc) is 2.37. The zero-order valence-electron chi connectivity index (χ0n) is 11.6. The summed E-state index contributed by atoms with van der Waals surface area (Å²) in [6.45, 7) is 1.33. The number of halogens is 1. The molecule has 1 atom stereocenters. The van der Waals surface area contributed by atoms with Gasteiger partial charge in [-0.2, -0.15) is 0 Å². The second-order valence-electron chi connectivity index (χ2n) is 4.47. The van der Waals surface area contributed by atoms with Gasteiger partial charge >= 0.3 is 5.97 Å². The van der Waals surface area contributed by atoms with Gasteiger partial charge in [0.25, 0.3) is 5.91 Å². The lowest BCUT2D eigenvalue weighted by molar-refractivity contribution is -0.138. The number of sulfonamides is 1. The fourth-order valence-corrected chi connectivity index (χ4v) is 3.32. The van der Waals surface area contributed by atoms with Gasteiger partial charge in [0, 0.05) is 24.1 Å². The zero-order chi connectivity index (χ0) is 16.4. The van der Waals surface area contributed by atoms with Gasteiger partial charge in [0.2, 0.25) is 10.0 Å². The van der Waals surface area contributed by atoms with Gasteiger partial charge in [0.05, 0.1) is 4.90 Å². The molecule has 21 heavy (non-hydrogen) atoms. The van der Waals surface area contributed by atoms with Crippen LogP contribution in [0.1, 0.15) is 17.3 Å². The number of carboxylic acids is 1. The smallest absolute Gasteiger partial charge is 0.325 e. The molecule has 0 unspecified atom stereocenters. The number of aliphatic carboxylic acids is 1. The van der Waals surface area contributed by atoms with Gasteiger partial charge in [-0.05, 0) is 41.1 Å². The van der Waals surface area contributed by atoms with Crippen molar-refractivity contribution in [2.24, 2.45) is 0 Å². The van der Waals surface area contributed by atoms with Crippen molar-refractivity contribution in [3.05, 3.63) is 28.2 Å². The van der Waals surface area contributed by atoms with E-state index in [0.717, 1.165) is 4.31 Å². The van der Waals surface area contributed by atoms with Crippen LogP contribution in [0.25, 0.3) is 0 Å². The summed E-state index contributed by atoms with van der Waals surface area (Å²) in [6, 6.07) is 2.91. The standard InChI is InChI=1S/C12H15BrN2O5S/c1-7(12(17)18)14-11(16)8-4-5-10(9(13)6-8)21(19,20)15(2)3/h4-7H,1-3H3,(H,14,16)(H,17,18)/t7-/m0/s1. The van der Waals surface area contributed by atoms with Crippen LogP contribution in [0.3, 0.4) is 0 Å². The van der Waals surface area contributed by atoms with E-state index in [9.17, 15) is 18.0 Å². The van der Waals surface area contributed by atoms with Crippen molar-refractivity contribution in [3.8, 4) is 0 Å². The summed E-state index contributed by atoms with van der Waals surface area (Å²) < 4.78 is 25.3. The third-order valence-electron chi connectivity index (χ3n) is 2.67. The zero-order valence-corrected chi connectivity index (χ0v) is 14.0. The van der Waals surface area contributed by atoms with E-state index in [1.54, 1.807) is 0 Å². The van der Waals surface area contributed by atoms with Crippen molar-refractivity contribution < 1.29 is 23.1 Å². The molecule has 0 radical (unpaired) electrons. The highest BCUT2D eigenvalue weighted by Gasteiger charge is 2.22. The van der Waals surface area contributed by atoms with Crippen molar-refractivity contribution in [3.63, 3.8) is 0 Å². The van der Waals surface area contributed by atoms with Crippen molar-refractivity contribution in [2.75, 3.05) is 14.1 Å². The highest BCUT2D eigenvalue weighted by Crippen LogP contribution is 2.25. The Balaban J connectivity index is 3.09. The molecule has 0 saturated carbocycles. The van der Waals surface area contributed by atoms with E-state index in [4.69, 9.17) is 5.11 Å². The average molecular weight is 379 g/mol. The normalized spacial score (nSPS) is 13.0. The summed E-state index contributed by atoms with van der Waals surface area (Å²) in [5.41, 5.74) is 0.160. The van der Waals surface area contributed by atoms with Crippen LogP contribution >= 0.6 is 15.9 Å². The third kappa shape index (κ3) is 4.02. The van der Waals surface area contributed by atoms with Crippen LogP contribution in [-0.2, 0) is 14.8 Å². The summed E-state index contributed by atoms with van der Waals surface area (Å²) in [6.07, 6.45) is 0. The van der Waals surface area contributed by atoms with Crippen LogP contribution in [0.4, 0.5) is 0 Å². The molecule has 0 fully saturated rings. The highest BCUT2D eigenvalue weighted by molar-refractivity contribution is 9.10. The molecule has 2 N–H and O–H groups in total. The third-order valence-corrected chi connectivity index (χ3v) is 5.46. The predicted octanol–water partition coefficient (Wildman–Crippen LogP) is 0.902. The Morgan fingerprint density at radius 2 is 1.90 bits per heavy atom. The van der Waals surface area contributed by atoms with E-state index in [1.165, 1.54) is 39.2 Å². The fourth-order valence-electron chi connectivity index (χ4n) is 1.39. The van der Waals surface area contributed by atoms with Crippen LogP contribution in [0.15, 0.2) is 27.6 Å². The van der Waals surface area contributed by atoms with Gasteiger partial charge in [-0.1, -0.05) is 0 Å². The van der Waals surface area contributed by atoms with Gasteiger partial charge in [-0.3, -0.25) is 9.59 Å². The van der Waals surface area contributed by atoms with E-state index in [2.05, 4.69) is 21.2 Å². The van der Waals surface area contributed by atoms with Crippen molar-refractivity contribution in [2.45, 2.75) is 17.9 Å². The van der Waals surface area contributed by atoms with Crippen molar-refractivity contribution in [1.29, 1.82) is 0 Å². The molecule has 1 amide bonds. The number of rotatable bonds is 5. The summed E-state index contributed by atoms with van der Waals surface area (Å²) in [5.74, 6) is -1.76. The minimum Gasteiger partial charge on any atom is -0.480 e. The Kier molecular flexibility index (Phi) is 5.48. The number of carboxylic acid groups (broad SMARTS) is 1. The van der Waals surface area contributed by atoms with E-state index in [1.807, 2.05) is 0 Å². The second kappa shape index (κ2) is 6.54. The molecule has 9 heteroatoms. The van der Waals surface area contributed by atoms with Gasteiger partial charge < -0.3 is 10.4 Å². The number of carbonyl (C=O) groups is 2. The Morgan fingerprint density at radius 1 is 1.33 bits per heavy atom. The van der Waals surface area contributed by atoms with E-state index in [-0.39, 0.29) is 14.9 Å². The SMILES string of the molecule is C[C@H](NC(=O)c1ccc(S(=O)(=O)N(C)C)c(Br)c1)C(=O)O. The Labute approximate surface area is 131 Å². The lowest BCUT2D eigenvalue weighted by Crippen LogP contribution is -2.38. The van der Waals surface area contributed by atoms with E-state index in [0.29, 0.717) is 0 Å². The number of benzene rings is 1. The molecule has 0 heterocycles. The lowest BCUT2D eigenvalue weighted by atomic mass is 10.2. The van der Waals surface area contributed by atoms with Crippen LogP contribution in [0, 0.1) is 0 Å². The largest absolute Gasteiger partial charge is 0.480 e. The molecule has 7 nitrogen and oxygen atoms in total. The fraction of sp³-hybridized carbons (Fsp3) is 0.333. The van der Waals surface area contributed by atoms with E-state index >= 15 is 0 Å². The molecule has 1 rings (SSSR count). The number of nitrogens with zero attached hydrogens (tertiary/aromatic N) is 1. The van der Waals surface area contributed by atoms with Gasteiger partial charge in [-0.15, -0.1) is 0 Å². The maximum Gasteiger partial charge on any atom is 0.325 e. The first-order valence-corrected chi connectivity index (χ1v) is 8.06. The number of nitrogens with one attached hydrogen (secondary N) is 1. The van der Waals surface area contributed by atoms with Crippen molar-refractivity contribution >= 4 is 37.8 Å². The van der Waals surface area contributed by atoms with Crippen LogP contribution < -0.4 is 5.32 Å². The topological polar surface area (TPSA) is 104 Å². The van der Waals surface area contributed by atoms with Crippen LogP contribution in [0.5, 0.6) is 0 Å². The minimum absolute atomic E-state index is 0.0235. The van der Waals surface area contributed by atoms with Crippen LogP contribution in [-0.4, -0.2) is 49.8 Å². The summed E-state index contributed by atoms with van der Waals surface area (Å²) >= 11 is 3.11. The first-order chi connectivity index (χ1) is 9.57. The number of amides is 1. The Bertz CT molecular complexity index is 672. The molecule has 0 aliphatic carbocycles. The molecule has 0 saturated heterocycles. The molecule has 1 aromatic carbocycles. The Morgan fingerprint density at radius 3 is 2.33 bits per heavy atom. The maximum absolute atomic E-state index is 12.0. The molecule has 116 valence electrons. The number of hydrogen-bond acceptors (Lipinski definition) is 4. The molecular formula is C12H15BrN2O5S. The summed E-state index contributed by atoms with van der Waals surface area (Å²) in [5, 5.41) is 11.0. The highest BCUT2D eigenvalue weighted by atomic mass is 79.9. The van der Waals surface area contributed by atoms with E-state index < -0.39 is 27.9 Å². The first kappa shape index (κ1) is 17.6. The van der Waals surface area contributed by atoms with Crippen LogP contribution in [0.2, 0.25) is 0 Å². The summed E-state index contributed by atoms with van der Waals surface area (Å²) in [7, 11) is -0.826. The minimum atomic E-state index is -3.63. The molecule has 1 aromatic rings. The molecular weight excluding hydrogens is 364 g/mol. The molecule has 0 aliphatic heterocycles. The Hall–Kier alpha value is -1.45. The van der Waals surface area contributed by atoms with Gasteiger partial charge in [0.1, 0.15) is 6.04 Å². The van der Waals surface area contributed by atoms with Gasteiger partial charge in [0.15, 0.2) is 0 Å². The van der Waals surface area contributed by atoms with Crippen molar-refractivity contribution in [1.82, 2.24) is 9.62 Å². The predicted molar refractivity (Wildman–Crippen MR) is 79.6 cm³/mol. The molecule has 0 spiro atoms. The second-order valence-corrected chi connectivity index (χ2v) is 7.44. The molecule has 0 aliphatic rings. The summed E-state index contributed by atoms with van der Waals surface area (Å²) in [4.78, 5) is 22.6. The monoisotopic (exact) mass is 378 g/mol. The van der Waals surface area contributed by atoms with Gasteiger partial charge in [-0.25, -0.2) is 12.7 Å². The quantitative estimate of drug-likeness (QED) is 0.791. The maximum atomic E-state index is 12.0. The molecule has 0 bridgehead atoms. The number of hydrogen-bond donors (Lipinski definition) is 2. The first-order valence-electron chi connectivity index (χ1n) is 5.83. The lowest BCUT2D eigenvalue weighted by Gasteiger charge is -2.14. The molecule has 0 aromatic heterocycles.